The van der Waals surface area contributed by atoms with E-state index >= 15 is 0 Å². The van der Waals surface area contributed by atoms with E-state index in [0.717, 1.165) is 11.3 Å². The van der Waals surface area contributed by atoms with E-state index < -0.39 is 11.8 Å². The predicted molar refractivity (Wildman–Crippen MR) is 127 cm³/mol. The van der Waals surface area contributed by atoms with Crippen LogP contribution in [0.3, 0.4) is 0 Å². The number of carbonyl (C=O) groups is 3. The second kappa shape index (κ2) is 10.3. The number of hydrogen-bond donors (Lipinski definition) is 2. The van der Waals surface area contributed by atoms with E-state index in [0.29, 0.717) is 22.6 Å². The zero-order valence-electron chi connectivity index (χ0n) is 18.4. The van der Waals surface area contributed by atoms with Crippen LogP contribution >= 0.6 is 0 Å². The number of nitrogens with one attached hydrogen (secondary N) is 2. The molecule has 0 radical (unpaired) electrons. The highest BCUT2D eigenvalue weighted by Gasteiger charge is 2.19. The van der Waals surface area contributed by atoms with Gasteiger partial charge in [0.05, 0.1) is 11.3 Å². The van der Waals surface area contributed by atoms with Gasteiger partial charge in [-0.25, -0.2) is 4.68 Å². The van der Waals surface area contributed by atoms with Crippen LogP contribution in [0.4, 0.5) is 0 Å². The summed E-state index contributed by atoms with van der Waals surface area (Å²) in [4.78, 5) is 36.4. The summed E-state index contributed by atoms with van der Waals surface area (Å²) in [6.07, 6.45) is 1.62. The fourth-order valence-electron chi connectivity index (χ4n) is 3.23. The molecular formula is C26H22N4O4. The summed E-state index contributed by atoms with van der Waals surface area (Å²) in [5.74, 6) is -0.680. The maximum Gasteiger partial charge on any atom is 0.276 e. The normalized spacial score (nSPS) is 10.4. The lowest BCUT2D eigenvalue weighted by Crippen LogP contribution is -2.43. The van der Waals surface area contributed by atoms with E-state index in [4.69, 9.17) is 4.74 Å². The van der Waals surface area contributed by atoms with E-state index in [1.54, 1.807) is 35.1 Å². The summed E-state index contributed by atoms with van der Waals surface area (Å²) in [7, 11) is 0. The van der Waals surface area contributed by atoms with E-state index in [-0.39, 0.29) is 12.4 Å². The van der Waals surface area contributed by atoms with Crippen LogP contribution in [0, 0.1) is 0 Å². The number of benzene rings is 3. The Kier molecular flexibility index (Phi) is 6.78. The van der Waals surface area contributed by atoms with Gasteiger partial charge in [0.1, 0.15) is 11.4 Å². The third kappa shape index (κ3) is 5.36. The van der Waals surface area contributed by atoms with E-state index in [1.807, 2.05) is 60.7 Å². The number of rotatable bonds is 7. The van der Waals surface area contributed by atoms with Crippen molar-refractivity contribution in [2.45, 2.75) is 6.92 Å². The van der Waals surface area contributed by atoms with Crippen molar-refractivity contribution < 1.29 is 19.1 Å². The number of ketones is 1. The zero-order chi connectivity index (χ0) is 23.9. The third-order valence-electron chi connectivity index (χ3n) is 4.97. The average molecular weight is 454 g/mol. The van der Waals surface area contributed by atoms with Gasteiger partial charge in [-0.05, 0) is 43.3 Å². The maximum absolute atomic E-state index is 12.9. The molecule has 0 aliphatic rings. The SMILES string of the molecule is CC(=O)c1ccc(OCC(=O)NNC(=O)c2cn(-c3ccccc3)nc2-c2ccccc2)cc1. The molecule has 3 aromatic carbocycles. The summed E-state index contributed by atoms with van der Waals surface area (Å²) in [6.45, 7) is 1.16. The minimum absolute atomic E-state index is 0.0579. The van der Waals surface area contributed by atoms with Gasteiger partial charge in [0.15, 0.2) is 12.4 Å². The highest BCUT2D eigenvalue weighted by molar-refractivity contribution is 6.00. The van der Waals surface area contributed by atoms with Crippen LogP contribution < -0.4 is 15.6 Å². The molecule has 1 heterocycles. The quantitative estimate of drug-likeness (QED) is 0.328. The summed E-state index contributed by atoms with van der Waals surface area (Å²) >= 11 is 0. The van der Waals surface area contributed by atoms with Crippen LogP contribution in [-0.4, -0.2) is 34.0 Å². The van der Waals surface area contributed by atoms with Crippen molar-refractivity contribution in [1.29, 1.82) is 0 Å². The van der Waals surface area contributed by atoms with Crippen molar-refractivity contribution in [3.8, 4) is 22.7 Å². The molecule has 8 nitrogen and oxygen atoms in total. The van der Waals surface area contributed by atoms with Gasteiger partial charge in [-0.2, -0.15) is 5.10 Å². The molecule has 0 aliphatic carbocycles. The van der Waals surface area contributed by atoms with Crippen LogP contribution in [0.25, 0.3) is 16.9 Å². The monoisotopic (exact) mass is 454 g/mol. The Morgan fingerprint density at radius 2 is 1.50 bits per heavy atom. The standard InChI is InChI=1S/C26H22N4O4/c1-18(31)19-12-14-22(15-13-19)34-17-24(32)27-28-26(33)23-16-30(21-10-6-3-7-11-21)29-25(23)20-8-4-2-5-9-20/h2-16H,17H2,1H3,(H,27,32)(H,28,33). The predicted octanol–water partition coefficient (Wildman–Crippen LogP) is 3.58. The average Bonchev–Trinajstić information content (AvgIpc) is 3.33. The molecule has 0 unspecified atom stereocenters. The Morgan fingerprint density at radius 1 is 0.853 bits per heavy atom. The first kappa shape index (κ1) is 22.5. The lowest BCUT2D eigenvalue weighted by atomic mass is 10.1. The number of aromatic nitrogens is 2. The number of hydrazine groups is 1. The summed E-state index contributed by atoms with van der Waals surface area (Å²) in [6, 6.07) is 25.2. The molecular weight excluding hydrogens is 432 g/mol. The Labute approximate surface area is 196 Å². The van der Waals surface area contributed by atoms with E-state index in [9.17, 15) is 14.4 Å². The largest absolute Gasteiger partial charge is 0.484 e. The molecule has 2 N–H and O–H groups in total. The molecule has 170 valence electrons. The summed E-state index contributed by atoms with van der Waals surface area (Å²) < 4.78 is 7.02. The number of carbonyl (C=O) groups excluding carboxylic acids is 3. The molecule has 1 aromatic heterocycles. The second-order valence-electron chi connectivity index (χ2n) is 7.41. The fourth-order valence-corrected chi connectivity index (χ4v) is 3.23. The second-order valence-corrected chi connectivity index (χ2v) is 7.41. The molecule has 0 spiro atoms. The number of ether oxygens (including phenoxy) is 1. The lowest BCUT2D eigenvalue weighted by molar-refractivity contribution is -0.123. The first-order valence-corrected chi connectivity index (χ1v) is 10.5. The Hall–Kier alpha value is -4.72. The smallest absolute Gasteiger partial charge is 0.276 e. The van der Waals surface area contributed by atoms with Crippen LogP contribution in [-0.2, 0) is 4.79 Å². The van der Waals surface area contributed by atoms with Gasteiger partial charge in [-0.1, -0.05) is 48.5 Å². The van der Waals surface area contributed by atoms with Gasteiger partial charge < -0.3 is 4.74 Å². The van der Waals surface area contributed by atoms with Gasteiger partial charge >= 0.3 is 0 Å². The molecule has 4 aromatic rings. The number of amides is 2. The number of nitrogens with zero attached hydrogens (tertiary/aromatic N) is 2. The van der Waals surface area contributed by atoms with Crippen LogP contribution in [0.1, 0.15) is 27.6 Å². The Balaban J connectivity index is 1.43. The molecule has 8 heteroatoms. The first-order chi connectivity index (χ1) is 16.5. The number of Topliss-reactive ketones (excluding diaryl/α,β-unsaturated/α-hetero) is 1. The first-order valence-electron chi connectivity index (χ1n) is 10.5. The summed E-state index contributed by atoms with van der Waals surface area (Å²) in [5.41, 5.74) is 7.68. The van der Waals surface area contributed by atoms with E-state index in [1.165, 1.54) is 6.92 Å². The molecule has 0 fully saturated rings. The van der Waals surface area contributed by atoms with Crippen LogP contribution in [0.15, 0.2) is 91.1 Å². The topological polar surface area (TPSA) is 102 Å². The fraction of sp³-hybridized carbons (Fsp3) is 0.0769. The van der Waals surface area contributed by atoms with Gasteiger partial charge in [0, 0.05) is 17.3 Å². The van der Waals surface area contributed by atoms with Crippen molar-refractivity contribution in [3.63, 3.8) is 0 Å². The summed E-state index contributed by atoms with van der Waals surface area (Å²) in [5, 5.41) is 4.59. The van der Waals surface area contributed by atoms with Crippen molar-refractivity contribution in [3.05, 3.63) is 102 Å². The lowest BCUT2D eigenvalue weighted by Gasteiger charge is -2.09. The molecule has 0 atom stereocenters. The molecule has 0 saturated heterocycles. The third-order valence-corrected chi connectivity index (χ3v) is 4.97. The highest BCUT2D eigenvalue weighted by atomic mass is 16.5. The van der Waals surface area contributed by atoms with Crippen molar-refractivity contribution in [2.24, 2.45) is 0 Å². The van der Waals surface area contributed by atoms with Gasteiger partial charge in [-0.3, -0.25) is 25.2 Å². The van der Waals surface area contributed by atoms with Gasteiger partial charge in [0.2, 0.25) is 0 Å². The number of hydrogen-bond acceptors (Lipinski definition) is 5. The molecule has 0 bridgehead atoms. The van der Waals surface area contributed by atoms with Gasteiger partial charge in [0.25, 0.3) is 11.8 Å². The Morgan fingerprint density at radius 3 is 2.15 bits per heavy atom. The minimum atomic E-state index is -0.541. The highest BCUT2D eigenvalue weighted by Crippen LogP contribution is 2.23. The van der Waals surface area contributed by atoms with Crippen molar-refractivity contribution in [2.75, 3.05) is 6.61 Å². The maximum atomic E-state index is 12.9. The molecule has 2 amide bonds. The van der Waals surface area contributed by atoms with Crippen molar-refractivity contribution in [1.82, 2.24) is 20.6 Å². The zero-order valence-corrected chi connectivity index (χ0v) is 18.4. The molecule has 4 rings (SSSR count). The number of para-hydroxylation sites is 1. The van der Waals surface area contributed by atoms with Crippen LogP contribution in [0.2, 0.25) is 0 Å². The van der Waals surface area contributed by atoms with E-state index in [2.05, 4.69) is 16.0 Å². The minimum Gasteiger partial charge on any atom is -0.484 e. The molecule has 0 aliphatic heterocycles. The molecule has 0 saturated carbocycles. The Bertz CT molecular complexity index is 1300. The van der Waals surface area contributed by atoms with Gasteiger partial charge in [-0.15, -0.1) is 0 Å². The van der Waals surface area contributed by atoms with Crippen molar-refractivity contribution >= 4 is 17.6 Å². The molecule has 34 heavy (non-hydrogen) atoms. The van der Waals surface area contributed by atoms with Crippen LogP contribution in [0.5, 0.6) is 5.75 Å².